The average molecular weight is 291 g/mol. The maximum absolute atomic E-state index is 4.68. The van der Waals surface area contributed by atoms with Crippen LogP contribution in [0.2, 0.25) is 0 Å². The SMILES string of the molecule is c1cc2nc(c1)CNCCCNCCCNCCCNC2. The first-order chi connectivity index (χ1) is 10.4. The van der Waals surface area contributed by atoms with Crippen molar-refractivity contribution in [2.24, 2.45) is 0 Å². The van der Waals surface area contributed by atoms with Crippen LogP contribution in [0.3, 0.4) is 0 Å². The van der Waals surface area contributed by atoms with E-state index in [1.54, 1.807) is 0 Å². The molecule has 4 N–H and O–H groups in total. The lowest BCUT2D eigenvalue weighted by molar-refractivity contribution is 0.545. The Balaban J connectivity index is 1.78. The Morgan fingerprint density at radius 2 is 1.05 bits per heavy atom. The predicted octanol–water partition coefficient (Wildman–Crippen LogP) is 0.624. The van der Waals surface area contributed by atoms with Gasteiger partial charge in [0, 0.05) is 13.1 Å². The van der Waals surface area contributed by atoms with Crippen molar-refractivity contribution in [3.05, 3.63) is 29.6 Å². The van der Waals surface area contributed by atoms with Crippen molar-refractivity contribution in [2.75, 3.05) is 39.3 Å². The zero-order chi connectivity index (χ0) is 14.6. The summed E-state index contributed by atoms with van der Waals surface area (Å²) in [6, 6.07) is 6.29. The van der Waals surface area contributed by atoms with Crippen LogP contribution >= 0.6 is 0 Å². The third-order valence-corrected chi connectivity index (χ3v) is 3.60. The fourth-order valence-electron chi connectivity index (χ4n) is 2.42. The van der Waals surface area contributed by atoms with Crippen LogP contribution in [0.1, 0.15) is 30.7 Å². The number of pyridine rings is 1. The first-order valence-electron chi connectivity index (χ1n) is 8.23. The lowest BCUT2D eigenvalue weighted by Crippen LogP contribution is -2.27. The summed E-state index contributed by atoms with van der Waals surface area (Å²) in [5, 5.41) is 13.9. The van der Waals surface area contributed by atoms with Crippen molar-refractivity contribution < 1.29 is 0 Å². The normalized spacial score (nSPS) is 20.4. The molecule has 1 aliphatic heterocycles. The van der Waals surface area contributed by atoms with Gasteiger partial charge in [-0.1, -0.05) is 6.07 Å². The van der Waals surface area contributed by atoms with Gasteiger partial charge < -0.3 is 21.3 Å². The number of hydrogen-bond acceptors (Lipinski definition) is 5. The van der Waals surface area contributed by atoms with Crippen LogP contribution in [0.5, 0.6) is 0 Å². The second-order valence-electron chi connectivity index (χ2n) is 5.53. The van der Waals surface area contributed by atoms with Crippen molar-refractivity contribution in [1.29, 1.82) is 0 Å². The number of rotatable bonds is 0. The molecule has 0 aliphatic carbocycles. The van der Waals surface area contributed by atoms with Gasteiger partial charge in [-0.05, 0) is 70.7 Å². The minimum absolute atomic E-state index is 0.859. The Hall–Kier alpha value is -1.01. The molecule has 1 aromatic rings. The highest BCUT2D eigenvalue weighted by Gasteiger charge is 1.99. The maximum Gasteiger partial charge on any atom is 0.0545 e. The summed E-state index contributed by atoms with van der Waals surface area (Å²) in [6.45, 7) is 8.18. The topological polar surface area (TPSA) is 61.0 Å². The van der Waals surface area contributed by atoms with E-state index in [0.29, 0.717) is 0 Å². The number of fused-ring (bicyclic) bond motifs is 2. The lowest BCUT2D eigenvalue weighted by atomic mass is 10.3. The Kier molecular flexibility index (Phi) is 8.32. The van der Waals surface area contributed by atoms with Gasteiger partial charge in [0.05, 0.1) is 11.4 Å². The molecule has 0 atom stereocenters. The summed E-state index contributed by atoms with van der Waals surface area (Å²) >= 11 is 0. The molecule has 2 heterocycles. The highest BCUT2D eigenvalue weighted by molar-refractivity contribution is 5.11. The Labute approximate surface area is 128 Å². The number of aromatic nitrogens is 1. The van der Waals surface area contributed by atoms with Crippen molar-refractivity contribution >= 4 is 0 Å². The van der Waals surface area contributed by atoms with Gasteiger partial charge in [0.2, 0.25) is 0 Å². The third kappa shape index (κ3) is 7.52. The number of nitrogens with zero attached hydrogens (tertiary/aromatic N) is 1. The zero-order valence-corrected chi connectivity index (χ0v) is 13.0. The summed E-state index contributed by atoms with van der Waals surface area (Å²) in [4.78, 5) is 4.68. The second kappa shape index (κ2) is 10.7. The monoisotopic (exact) mass is 291 g/mol. The lowest BCUT2D eigenvalue weighted by Gasteiger charge is -2.10. The van der Waals surface area contributed by atoms with Crippen molar-refractivity contribution in [2.45, 2.75) is 32.4 Å². The molecule has 0 spiro atoms. The molecule has 0 fully saturated rings. The summed E-state index contributed by atoms with van der Waals surface area (Å²) < 4.78 is 0. The average Bonchev–Trinajstić information content (AvgIpc) is 2.51. The van der Waals surface area contributed by atoms with Gasteiger partial charge >= 0.3 is 0 Å². The van der Waals surface area contributed by atoms with Gasteiger partial charge in [-0.15, -0.1) is 0 Å². The van der Waals surface area contributed by atoms with E-state index in [1.165, 1.54) is 6.42 Å². The second-order valence-corrected chi connectivity index (χ2v) is 5.53. The molecule has 0 amide bonds. The molecule has 0 saturated carbocycles. The van der Waals surface area contributed by atoms with Crippen LogP contribution in [-0.4, -0.2) is 44.3 Å². The van der Waals surface area contributed by atoms with Gasteiger partial charge in [-0.3, -0.25) is 4.98 Å². The summed E-state index contributed by atoms with van der Waals surface area (Å²) in [6.07, 6.45) is 3.53. The summed E-state index contributed by atoms with van der Waals surface area (Å²) in [5.74, 6) is 0. The zero-order valence-electron chi connectivity index (χ0n) is 13.0. The minimum Gasteiger partial charge on any atom is -0.317 e. The first-order valence-corrected chi connectivity index (χ1v) is 8.23. The van der Waals surface area contributed by atoms with Gasteiger partial charge in [-0.2, -0.15) is 0 Å². The van der Waals surface area contributed by atoms with E-state index in [9.17, 15) is 0 Å². The largest absolute Gasteiger partial charge is 0.317 e. The molecule has 2 rings (SSSR count). The molecule has 0 saturated heterocycles. The van der Waals surface area contributed by atoms with E-state index < -0.39 is 0 Å². The van der Waals surface area contributed by atoms with Gasteiger partial charge in [-0.25, -0.2) is 0 Å². The van der Waals surface area contributed by atoms with E-state index in [4.69, 9.17) is 0 Å². The molecule has 1 aliphatic rings. The van der Waals surface area contributed by atoms with E-state index in [0.717, 1.165) is 76.6 Å². The Bertz CT molecular complexity index is 351. The standard InChI is InChI=1S/C16H29N5/c1-5-15-13-19-11-3-9-17-7-2-8-18-10-4-12-20-14-16(6-1)21-15/h1,5-6,17-20H,2-4,7-14H2. The third-order valence-electron chi connectivity index (χ3n) is 3.60. The van der Waals surface area contributed by atoms with E-state index >= 15 is 0 Å². The summed E-state index contributed by atoms with van der Waals surface area (Å²) in [7, 11) is 0. The van der Waals surface area contributed by atoms with Crippen LogP contribution < -0.4 is 21.3 Å². The smallest absolute Gasteiger partial charge is 0.0545 e. The maximum atomic E-state index is 4.68. The van der Waals surface area contributed by atoms with Crippen LogP contribution in [0.15, 0.2) is 18.2 Å². The van der Waals surface area contributed by atoms with Crippen LogP contribution in [-0.2, 0) is 13.1 Å². The number of hydrogen-bond donors (Lipinski definition) is 4. The molecule has 0 radical (unpaired) electrons. The van der Waals surface area contributed by atoms with Crippen molar-refractivity contribution in [3.8, 4) is 0 Å². The highest BCUT2D eigenvalue weighted by Crippen LogP contribution is 1.99. The summed E-state index contributed by atoms with van der Waals surface area (Å²) in [5.41, 5.74) is 2.26. The molecule has 5 nitrogen and oxygen atoms in total. The molecule has 5 heteroatoms. The highest BCUT2D eigenvalue weighted by atomic mass is 14.9. The molecular weight excluding hydrogens is 262 g/mol. The van der Waals surface area contributed by atoms with Crippen LogP contribution in [0.25, 0.3) is 0 Å². The molecule has 118 valence electrons. The number of nitrogens with one attached hydrogen (secondary N) is 4. The van der Waals surface area contributed by atoms with Gasteiger partial charge in [0.1, 0.15) is 0 Å². The fourth-order valence-corrected chi connectivity index (χ4v) is 2.42. The van der Waals surface area contributed by atoms with Crippen LogP contribution in [0.4, 0.5) is 0 Å². The van der Waals surface area contributed by atoms with Crippen LogP contribution in [0, 0.1) is 0 Å². The van der Waals surface area contributed by atoms with Gasteiger partial charge in [0.25, 0.3) is 0 Å². The first kappa shape index (κ1) is 16.4. The predicted molar refractivity (Wildman–Crippen MR) is 87.2 cm³/mol. The molecule has 0 unspecified atom stereocenters. The quantitative estimate of drug-likeness (QED) is 0.565. The van der Waals surface area contributed by atoms with Gasteiger partial charge in [0.15, 0.2) is 0 Å². The Morgan fingerprint density at radius 3 is 1.52 bits per heavy atom. The van der Waals surface area contributed by atoms with E-state index in [2.05, 4.69) is 44.5 Å². The minimum atomic E-state index is 0.859. The molecule has 1 aromatic heterocycles. The van der Waals surface area contributed by atoms with Crippen molar-refractivity contribution in [3.63, 3.8) is 0 Å². The molecule has 2 bridgehead atoms. The fraction of sp³-hybridized carbons (Fsp3) is 0.688. The van der Waals surface area contributed by atoms with Crippen molar-refractivity contribution in [1.82, 2.24) is 26.3 Å². The Morgan fingerprint density at radius 1 is 0.619 bits per heavy atom. The van der Waals surface area contributed by atoms with E-state index in [-0.39, 0.29) is 0 Å². The van der Waals surface area contributed by atoms with E-state index in [1.807, 2.05) is 0 Å². The molecule has 21 heavy (non-hydrogen) atoms. The molecular formula is C16H29N5. The molecule has 0 aromatic carbocycles.